The van der Waals surface area contributed by atoms with Crippen LogP contribution in [0.15, 0.2) is 29.6 Å². The molecule has 0 aliphatic heterocycles. The molecule has 0 aliphatic rings. The zero-order valence-electron chi connectivity index (χ0n) is 15.2. The summed E-state index contributed by atoms with van der Waals surface area (Å²) < 4.78 is 2.00. The van der Waals surface area contributed by atoms with Crippen molar-refractivity contribution in [3.63, 3.8) is 0 Å². The Balaban J connectivity index is 2.17. The second kappa shape index (κ2) is 5.55. The van der Waals surface area contributed by atoms with Gasteiger partial charge in [0.2, 0.25) is 0 Å². The zero-order chi connectivity index (χ0) is 17.7. The molecular formula is C20H24N2OS. The van der Waals surface area contributed by atoms with Gasteiger partial charge in [0.05, 0.1) is 0 Å². The molecular weight excluding hydrogens is 316 g/mol. The summed E-state index contributed by atoms with van der Waals surface area (Å²) in [6.07, 6.45) is 0.926. The zero-order valence-corrected chi connectivity index (χ0v) is 16.0. The number of nitrogens with zero attached hydrogens (tertiary/aromatic N) is 2. The summed E-state index contributed by atoms with van der Waals surface area (Å²) in [7, 11) is 0. The summed E-state index contributed by atoms with van der Waals surface area (Å²) in [6.45, 7) is 13.0. The molecule has 3 rings (SSSR count). The van der Waals surface area contributed by atoms with Crippen molar-refractivity contribution in [3.8, 4) is 11.3 Å². The number of aromatic nitrogens is 2. The minimum absolute atomic E-state index is 0.0376. The van der Waals surface area contributed by atoms with E-state index in [2.05, 4.69) is 71.2 Å². The maximum atomic E-state index is 11.8. The highest BCUT2D eigenvalue weighted by Crippen LogP contribution is 2.33. The van der Waals surface area contributed by atoms with E-state index in [1.165, 1.54) is 5.56 Å². The second-order valence-corrected chi connectivity index (χ2v) is 9.12. The van der Waals surface area contributed by atoms with Crippen molar-refractivity contribution < 1.29 is 4.79 Å². The van der Waals surface area contributed by atoms with Gasteiger partial charge in [-0.1, -0.05) is 65.8 Å². The van der Waals surface area contributed by atoms with Crippen molar-refractivity contribution in [3.05, 3.63) is 46.6 Å². The van der Waals surface area contributed by atoms with Crippen LogP contribution < -0.4 is 0 Å². The average Bonchev–Trinajstić information content (AvgIpc) is 3.03. The van der Waals surface area contributed by atoms with E-state index in [9.17, 15) is 4.79 Å². The van der Waals surface area contributed by atoms with Crippen LogP contribution in [0.5, 0.6) is 0 Å². The van der Waals surface area contributed by atoms with Crippen molar-refractivity contribution in [2.45, 2.75) is 52.4 Å². The van der Waals surface area contributed by atoms with E-state index >= 15 is 0 Å². The molecule has 0 saturated heterocycles. The van der Waals surface area contributed by atoms with Crippen LogP contribution in [-0.4, -0.2) is 15.7 Å². The van der Waals surface area contributed by atoms with Crippen LogP contribution in [0.1, 0.15) is 63.3 Å². The third-order valence-electron chi connectivity index (χ3n) is 4.30. The molecule has 3 aromatic rings. The van der Waals surface area contributed by atoms with Gasteiger partial charge in [-0.3, -0.25) is 9.20 Å². The number of carbonyl (C=O) groups excluding carboxylic acids is 1. The van der Waals surface area contributed by atoms with E-state index < -0.39 is 0 Å². The van der Waals surface area contributed by atoms with Gasteiger partial charge in [0.25, 0.3) is 0 Å². The van der Waals surface area contributed by atoms with Gasteiger partial charge < -0.3 is 0 Å². The van der Waals surface area contributed by atoms with Crippen molar-refractivity contribution in [1.29, 1.82) is 0 Å². The fourth-order valence-electron chi connectivity index (χ4n) is 2.85. The number of imidazole rings is 1. The Bertz CT molecular complexity index is 887. The van der Waals surface area contributed by atoms with Crippen LogP contribution in [0.4, 0.5) is 0 Å². The first-order chi connectivity index (χ1) is 11.1. The lowest BCUT2D eigenvalue weighted by Crippen LogP contribution is -2.15. The summed E-state index contributed by atoms with van der Waals surface area (Å²) in [6, 6.07) is 8.39. The molecule has 0 aliphatic carbocycles. The Morgan fingerprint density at radius 2 is 1.62 bits per heavy atom. The molecule has 2 heterocycles. The Kier molecular flexibility index (Phi) is 3.91. The van der Waals surface area contributed by atoms with Crippen molar-refractivity contribution in [2.75, 3.05) is 0 Å². The highest BCUT2D eigenvalue weighted by molar-refractivity contribution is 7.15. The predicted octanol–water partition coefficient (Wildman–Crippen LogP) is 5.47. The maximum Gasteiger partial charge on any atom is 0.195 e. The van der Waals surface area contributed by atoms with Crippen LogP contribution in [0.3, 0.4) is 0 Å². The van der Waals surface area contributed by atoms with E-state index in [0.717, 1.165) is 28.2 Å². The molecule has 0 N–H and O–H groups in total. The molecule has 0 radical (unpaired) electrons. The molecule has 126 valence electrons. The molecule has 0 saturated carbocycles. The van der Waals surface area contributed by atoms with E-state index in [0.29, 0.717) is 5.69 Å². The number of aldehydes is 1. The van der Waals surface area contributed by atoms with Crippen LogP contribution in [0.2, 0.25) is 0 Å². The lowest BCUT2D eigenvalue weighted by atomic mass is 9.86. The summed E-state index contributed by atoms with van der Waals surface area (Å²) in [5.74, 6) is 0. The molecule has 0 unspecified atom stereocenters. The first kappa shape index (κ1) is 16.9. The van der Waals surface area contributed by atoms with E-state index in [1.807, 2.05) is 4.40 Å². The second-order valence-electron chi connectivity index (χ2n) is 8.28. The largest absolute Gasteiger partial charge is 0.296 e. The minimum atomic E-state index is -0.0376. The average molecular weight is 340 g/mol. The van der Waals surface area contributed by atoms with E-state index in [1.54, 1.807) is 11.3 Å². The van der Waals surface area contributed by atoms with Crippen LogP contribution in [-0.2, 0) is 10.8 Å². The fourth-order valence-corrected chi connectivity index (χ4v) is 3.97. The SMILES string of the molecule is CC(C)(C)c1ccc(-c2nc3scc(C(C)(C)C)n3c2C=O)cc1. The molecule has 3 nitrogen and oxygen atoms in total. The molecule has 0 spiro atoms. The van der Waals surface area contributed by atoms with Crippen molar-refractivity contribution in [1.82, 2.24) is 9.38 Å². The summed E-state index contributed by atoms with van der Waals surface area (Å²) >= 11 is 1.59. The van der Waals surface area contributed by atoms with Crippen LogP contribution in [0, 0.1) is 0 Å². The van der Waals surface area contributed by atoms with Crippen molar-refractivity contribution >= 4 is 22.6 Å². The third kappa shape index (κ3) is 2.80. The quantitative estimate of drug-likeness (QED) is 0.580. The Hall–Kier alpha value is -1.94. The number of rotatable bonds is 2. The van der Waals surface area contributed by atoms with Gasteiger partial charge in [-0.05, 0) is 11.0 Å². The number of thiazole rings is 1. The maximum absolute atomic E-state index is 11.8. The van der Waals surface area contributed by atoms with Gasteiger partial charge in [-0.25, -0.2) is 4.98 Å². The Morgan fingerprint density at radius 3 is 2.12 bits per heavy atom. The number of hydrogen-bond donors (Lipinski definition) is 0. The predicted molar refractivity (Wildman–Crippen MR) is 101 cm³/mol. The van der Waals surface area contributed by atoms with Crippen LogP contribution in [0.25, 0.3) is 16.2 Å². The number of hydrogen-bond acceptors (Lipinski definition) is 3. The van der Waals surface area contributed by atoms with Crippen molar-refractivity contribution in [2.24, 2.45) is 0 Å². The molecule has 0 fully saturated rings. The summed E-state index contributed by atoms with van der Waals surface area (Å²) in [4.78, 5) is 17.4. The first-order valence-corrected chi connectivity index (χ1v) is 9.07. The summed E-state index contributed by atoms with van der Waals surface area (Å²) in [5, 5.41) is 2.10. The Labute approximate surface area is 147 Å². The van der Waals surface area contributed by atoms with Crippen LogP contribution >= 0.6 is 11.3 Å². The lowest BCUT2D eigenvalue weighted by molar-refractivity contribution is 0.111. The Morgan fingerprint density at radius 1 is 1.00 bits per heavy atom. The molecule has 0 bridgehead atoms. The molecule has 1 aromatic carbocycles. The van der Waals surface area contributed by atoms with Gasteiger partial charge in [-0.2, -0.15) is 0 Å². The fraction of sp³-hybridized carbons (Fsp3) is 0.400. The highest BCUT2D eigenvalue weighted by atomic mass is 32.1. The number of benzene rings is 1. The number of carbonyl (C=O) groups is 1. The minimum Gasteiger partial charge on any atom is -0.296 e. The molecule has 4 heteroatoms. The normalized spacial score (nSPS) is 12.8. The standard InChI is InChI=1S/C20H24N2OS/c1-19(2,3)14-9-7-13(8-10-14)17-15(11-23)22-16(20(4,5)6)12-24-18(22)21-17/h7-12H,1-6H3. The first-order valence-electron chi connectivity index (χ1n) is 8.19. The van der Waals surface area contributed by atoms with Gasteiger partial charge in [0.15, 0.2) is 11.2 Å². The van der Waals surface area contributed by atoms with Gasteiger partial charge in [0, 0.05) is 22.1 Å². The van der Waals surface area contributed by atoms with E-state index in [-0.39, 0.29) is 10.8 Å². The molecule has 0 amide bonds. The topological polar surface area (TPSA) is 34.4 Å². The van der Waals surface area contributed by atoms with Gasteiger partial charge >= 0.3 is 0 Å². The smallest absolute Gasteiger partial charge is 0.195 e. The summed E-state index contributed by atoms with van der Waals surface area (Å²) in [5.41, 5.74) is 4.86. The molecule has 2 aromatic heterocycles. The van der Waals surface area contributed by atoms with E-state index in [4.69, 9.17) is 4.98 Å². The van der Waals surface area contributed by atoms with Gasteiger partial charge in [0.1, 0.15) is 11.4 Å². The highest BCUT2D eigenvalue weighted by Gasteiger charge is 2.24. The van der Waals surface area contributed by atoms with Gasteiger partial charge in [-0.15, -0.1) is 11.3 Å². The third-order valence-corrected chi connectivity index (χ3v) is 5.13. The molecule has 24 heavy (non-hydrogen) atoms. The monoisotopic (exact) mass is 340 g/mol. The molecule has 0 atom stereocenters. The lowest BCUT2D eigenvalue weighted by Gasteiger charge is -2.19. The number of fused-ring (bicyclic) bond motifs is 1.